The third kappa shape index (κ3) is 5.82. The molecule has 0 bridgehead atoms. The third-order valence-electron chi connectivity index (χ3n) is 3.86. The van der Waals surface area contributed by atoms with Crippen molar-refractivity contribution in [2.75, 3.05) is 31.5 Å². The molecule has 0 aliphatic carbocycles. The molecule has 1 atom stereocenters. The molecule has 0 amide bonds. The van der Waals surface area contributed by atoms with E-state index in [1.165, 1.54) is 32.0 Å². The van der Waals surface area contributed by atoms with Gasteiger partial charge in [-0.2, -0.15) is 0 Å². The Hall–Kier alpha value is -0.720. The topological polar surface area (TPSA) is 27.3 Å². The van der Waals surface area contributed by atoms with Crippen LogP contribution < -0.4 is 10.6 Å². The number of likely N-dealkylation sites (tertiary alicyclic amines) is 1. The zero-order chi connectivity index (χ0) is 15.9. The van der Waals surface area contributed by atoms with E-state index in [1.807, 2.05) is 0 Å². The zero-order valence-electron chi connectivity index (χ0n) is 12.9. The van der Waals surface area contributed by atoms with E-state index in [9.17, 15) is 4.39 Å². The Morgan fingerprint density at radius 2 is 2.32 bits per heavy atom. The Balaban J connectivity index is 1.65. The van der Waals surface area contributed by atoms with Gasteiger partial charge in [0.1, 0.15) is 5.82 Å². The lowest BCUT2D eigenvalue weighted by molar-refractivity contribution is 0.182. The summed E-state index contributed by atoms with van der Waals surface area (Å²) >= 11 is 8.44. The lowest BCUT2D eigenvalue weighted by Gasteiger charge is -2.30. The summed E-state index contributed by atoms with van der Waals surface area (Å²) in [4.78, 5) is 2.51. The first-order valence-corrected chi connectivity index (χ1v) is 8.97. The predicted molar refractivity (Wildman–Crippen MR) is 97.8 cm³/mol. The maximum atomic E-state index is 13.7. The van der Waals surface area contributed by atoms with Crippen molar-refractivity contribution in [3.63, 3.8) is 0 Å². The van der Waals surface area contributed by atoms with Gasteiger partial charge in [0.25, 0.3) is 0 Å². The monoisotopic (exact) mass is 387 g/mol. The van der Waals surface area contributed by atoms with Crippen molar-refractivity contribution in [3.8, 4) is 0 Å². The van der Waals surface area contributed by atoms with Crippen LogP contribution in [0.5, 0.6) is 0 Å². The number of hydrogen-bond acceptors (Lipinski definition) is 2. The number of nitrogens with one attached hydrogen (secondary N) is 2. The number of anilines is 1. The summed E-state index contributed by atoms with van der Waals surface area (Å²) in [5.74, 6) is 0.491. The highest BCUT2D eigenvalue weighted by atomic mass is 79.9. The molecule has 0 saturated carbocycles. The summed E-state index contributed by atoms with van der Waals surface area (Å²) in [6.45, 7) is 6.61. The van der Waals surface area contributed by atoms with Gasteiger partial charge in [0.15, 0.2) is 5.11 Å². The van der Waals surface area contributed by atoms with Gasteiger partial charge in [-0.25, -0.2) is 4.39 Å². The minimum Gasteiger partial charge on any atom is -0.362 e. The molecule has 0 unspecified atom stereocenters. The Kier molecular flexibility index (Phi) is 7.05. The van der Waals surface area contributed by atoms with Crippen LogP contribution in [-0.4, -0.2) is 36.2 Å². The predicted octanol–water partition coefficient (Wildman–Crippen LogP) is 4.00. The minimum absolute atomic E-state index is 0.319. The Labute approximate surface area is 145 Å². The molecule has 3 nitrogen and oxygen atoms in total. The molecule has 122 valence electrons. The van der Waals surface area contributed by atoms with Crippen LogP contribution in [0.15, 0.2) is 22.7 Å². The Morgan fingerprint density at radius 3 is 3.05 bits per heavy atom. The highest BCUT2D eigenvalue weighted by Gasteiger charge is 2.15. The molecular weight excluding hydrogens is 365 g/mol. The summed E-state index contributed by atoms with van der Waals surface area (Å²) in [5, 5.41) is 6.50. The summed E-state index contributed by atoms with van der Waals surface area (Å²) in [6.07, 6.45) is 3.69. The molecule has 1 heterocycles. The number of thiocarbonyl (C=S) groups is 1. The largest absolute Gasteiger partial charge is 0.362 e. The molecule has 2 rings (SSSR count). The lowest BCUT2D eigenvalue weighted by atomic mass is 10.0. The first-order chi connectivity index (χ1) is 10.5. The van der Waals surface area contributed by atoms with Crippen LogP contribution in [0.25, 0.3) is 0 Å². The average molecular weight is 388 g/mol. The second-order valence-corrected chi connectivity index (χ2v) is 7.23. The van der Waals surface area contributed by atoms with Crippen LogP contribution in [0.4, 0.5) is 10.1 Å². The van der Waals surface area contributed by atoms with E-state index in [4.69, 9.17) is 12.2 Å². The SMILES string of the molecule is C[C@@H]1CCCN(CCCNC(=S)Nc2ccc(Br)cc2F)C1. The normalized spacial score (nSPS) is 19.0. The molecule has 1 fully saturated rings. The van der Waals surface area contributed by atoms with Crippen molar-refractivity contribution in [2.45, 2.75) is 26.2 Å². The van der Waals surface area contributed by atoms with Crippen LogP contribution in [0.2, 0.25) is 0 Å². The van der Waals surface area contributed by atoms with Gasteiger partial charge in [0, 0.05) is 17.6 Å². The zero-order valence-corrected chi connectivity index (χ0v) is 15.3. The number of halogens is 2. The van der Waals surface area contributed by atoms with Gasteiger partial charge in [0.05, 0.1) is 5.69 Å². The van der Waals surface area contributed by atoms with E-state index < -0.39 is 0 Å². The Bertz CT molecular complexity index is 512. The van der Waals surface area contributed by atoms with Crippen LogP contribution in [0.1, 0.15) is 26.2 Å². The molecule has 1 saturated heterocycles. The van der Waals surface area contributed by atoms with Crippen molar-refractivity contribution in [2.24, 2.45) is 5.92 Å². The van der Waals surface area contributed by atoms with E-state index >= 15 is 0 Å². The van der Waals surface area contributed by atoms with Crippen molar-refractivity contribution in [3.05, 3.63) is 28.5 Å². The fourth-order valence-electron chi connectivity index (χ4n) is 2.75. The fraction of sp³-hybridized carbons (Fsp3) is 0.562. The molecule has 6 heteroatoms. The van der Waals surface area contributed by atoms with E-state index in [1.54, 1.807) is 12.1 Å². The molecular formula is C16H23BrFN3S. The van der Waals surface area contributed by atoms with Gasteiger partial charge in [-0.15, -0.1) is 0 Å². The number of rotatable bonds is 5. The van der Waals surface area contributed by atoms with Crippen LogP contribution in [0.3, 0.4) is 0 Å². The summed E-state index contributed by atoms with van der Waals surface area (Å²) in [7, 11) is 0. The smallest absolute Gasteiger partial charge is 0.170 e. The molecule has 1 aromatic carbocycles. The van der Waals surface area contributed by atoms with E-state index in [-0.39, 0.29) is 5.82 Å². The molecule has 0 radical (unpaired) electrons. The van der Waals surface area contributed by atoms with E-state index in [0.717, 1.165) is 25.4 Å². The summed E-state index contributed by atoms with van der Waals surface area (Å²) in [6, 6.07) is 4.87. The second kappa shape index (κ2) is 8.79. The maximum absolute atomic E-state index is 13.7. The van der Waals surface area contributed by atoms with Gasteiger partial charge in [0.2, 0.25) is 0 Å². The number of hydrogen-bond donors (Lipinski definition) is 2. The van der Waals surface area contributed by atoms with Gasteiger partial charge in [-0.1, -0.05) is 22.9 Å². The van der Waals surface area contributed by atoms with Crippen molar-refractivity contribution < 1.29 is 4.39 Å². The number of piperidine rings is 1. The molecule has 1 aromatic rings. The molecule has 0 aromatic heterocycles. The molecule has 22 heavy (non-hydrogen) atoms. The quantitative estimate of drug-likeness (QED) is 0.589. The van der Waals surface area contributed by atoms with Crippen molar-refractivity contribution in [1.82, 2.24) is 10.2 Å². The first kappa shape index (κ1) is 17.6. The third-order valence-corrected chi connectivity index (χ3v) is 4.60. The Morgan fingerprint density at radius 1 is 1.50 bits per heavy atom. The molecule has 1 aliphatic rings. The highest BCUT2D eigenvalue weighted by Crippen LogP contribution is 2.19. The summed E-state index contributed by atoms with van der Waals surface area (Å²) < 4.78 is 14.4. The van der Waals surface area contributed by atoms with Gasteiger partial charge >= 0.3 is 0 Å². The fourth-order valence-corrected chi connectivity index (χ4v) is 3.30. The van der Waals surface area contributed by atoms with Crippen molar-refractivity contribution in [1.29, 1.82) is 0 Å². The highest BCUT2D eigenvalue weighted by molar-refractivity contribution is 9.10. The average Bonchev–Trinajstić information content (AvgIpc) is 2.47. The number of nitrogens with zero attached hydrogens (tertiary/aromatic N) is 1. The second-order valence-electron chi connectivity index (χ2n) is 5.91. The van der Waals surface area contributed by atoms with Gasteiger partial charge < -0.3 is 15.5 Å². The standard InChI is InChI=1S/C16H23BrFN3S/c1-12-4-2-8-21(11-12)9-3-7-19-16(22)20-15-6-5-13(17)10-14(15)18/h5-6,10,12H,2-4,7-9,11H2,1H3,(H2,19,20,22)/t12-/m1/s1. The minimum atomic E-state index is -0.319. The van der Waals surface area contributed by atoms with E-state index in [0.29, 0.717) is 15.3 Å². The van der Waals surface area contributed by atoms with Crippen molar-refractivity contribution >= 4 is 38.9 Å². The summed E-state index contributed by atoms with van der Waals surface area (Å²) in [5.41, 5.74) is 0.394. The van der Waals surface area contributed by atoms with Crippen LogP contribution in [0, 0.1) is 11.7 Å². The molecule has 0 spiro atoms. The molecule has 2 N–H and O–H groups in total. The van der Waals surface area contributed by atoms with Gasteiger partial charge in [-0.05, 0) is 68.7 Å². The van der Waals surface area contributed by atoms with Crippen LogP contribution in [-0.2, 0) is 0 Å². The maximum Gasteiger partial charge on any atom is 0.170 e. The first-order valence-electron chi connectivity index (χ1n) is 7.77. The number of benzene rings is 1. The lowest BCUT2D eigenvalue weighted by Crippen LogP contribution is -2.37. The molecule has 1 aliphatic heterocycles. The van der Waals surface area contributed by atoms with E-state index in [2.05, 4.69) is 38.4 Å². The van der Waals surface area contributed by atoms with Crippen LogP contribution >= 0.6 is 28.1 Å². The van der Waals surface area contributed by atoms with Gasteiger partial charge in [-0.3, -0.25) is 0 Å².